The first kappa shape index (κ1) is 7.64. The minimum Gasteiger partial charge on any atom is -0.0625 e. The van der Waals surface area contributed by atoms with Crippen LogP contribution in [-0.2, 0) is 0 Å². The van der Waals surface area contributed by atoms with E-state index >= 15 is 0 Å². The fraction of sp³-hybridized carbons (Fsp3) is 1.00. The van der Waals surface area contributed by atoms with Gasteiger partial charge in [0.15, 0.2) is 0 Å². The van der Waals surface area contributed by atoms with Crippen LogP contribution < -0.4 is 0 Å². The normalized spacial score (nSPS) is 49.6. The van der Waals surface area contributed by atoms with Crippen molar-refractivity contribution in [3.63, 3.8) is 0 Å². The van der Waals surface area contributed by atoms with Gasteiger partial charge in [-0.05, 0) is 49.4 Å². The van der Waals surface area contributed by atoms with Gasteiger partial charge in [-0.3, -0.25) is 0 Å². The van der Waals surface area contributed by atoms with Crippen LogP contribution in [0.3, 0.4) is 0 Å². The molecule has 2 aliphatic carbocycles. The van der Waals surface area contributed by atoms with E-state index in [1.165, 1.54) is 25.7 Å². The lowest BCUT2D eigenvalue weighted by atomic mass is 9.65. The lowest BCUT2D eigenvalue weighted by Gasteiger charge is -2.41. The SMILES string of the molecule is CC1CC(CC2CCC2C)C1. The van der Waals surface area contributed by atoms with E-state index in [0.29, 0.717) is 0 Å². The minimum absolute atomic E-state index is 1.05. The molecule has 2 atom stereocenters. The van der Waals surface area contributed by atoms with E-state index in [0.717, 1.165) is 23.7 Å². The van der Waals surface area contributed by atoms with Crippen LogP contribution in [0.2, 0.25) is 0 Å². The van der Waals surface area contributed by atoms with Crippen LogP contribution in [0, 0.1) is 23.7 Å². The highest BCUT2D eigenvalue weighted by Crippen LogP contribution is 2.44. The molecule has 0 spiro atoms. The number of hydrogen-bond donors (Lipinski definition) is 0. The van der Waals surface area contributed by atoms with E-state index in [-0.39, 0.29) is 0 Å². The van der Waals surface area contributed by atoms with Gasteiger partial charge in [-0.2, -0.15) is 0 Å². The predicted molar refractivity (Wildman–Crippen MR) is 48.4 cm³/mol. The fourth-order valence-corrected chi connectivity index (χ4v) is 2.78. The van der Waals surface area contributed by atoms with Crippen molar-refractivity contribution in [3.8, 4) is 0 Å². The van der Waals surface area contributed by atoms with Crippen molar-refractivity contribution in [2.45, 2.75) is 46.0 Å². The first-order valence-corrected chi connectivity index (χ1v) is 5.25. The molecule has 0 aliphatic heterocycles. The molecular weight excluding hydrogens is 132 g/mol. The molecule has 2 aliphatic rings. The average Bonchev–Trinajstić information content (AvgIpc) is 1.92. The smallest absolute Gasteiger partial charge is 0.0386 e. The molecule has 0 aromatic rings. The van der Waals surface area contributed by atoms with Crippen molar-refractivity contribution < 1.29 is 0 Å². The monoisotopic (exact) mass is 152 g/mol. The summed E-state index contributed by atoms with van der Waals surface area (Å²) >= 11 is 0. The lowest BCUT2D eigenvalue weighted by molar-refractivity contribution is 0.0997. The van der Waals surface area contributed by atoms with Gasteiger partial charge in [0.25, 0.3) is 0 Å². The van der Waals surface area contributed by atoms with Crippen molar-refractivity contribution in [2.24, 2.45) is 23.7 Å². The predicted octanol–water partition coefficient (Wildman–Crippen LogP) is 3.47. The molecule has 0 bridgehead atoms. The summed E-state index contributed by atoms with van der Waals surface area (Å²) in [5.74, 6) is 4.35. The second kappa shape index (κ2) is 2.80. The van der Waals surface area contributed by atoms with Gasteiger partial charge in [-0.15, -0.1) is 0 Å². The van der Waals surface area contributed by atoms with E-state index in [1.807, 2.05) is 0 Å². The van der Waals surface area contributed by atoms with Gasteiger partial charge in [-0.1, -0.05) is 20.3 Å². The molecule has 11 heavy (non-hydrogen) atoms. The molecule has 0 heterocycles. The summed E-state index contributed by atoms with van der Waals surface area (Å²) < 4.78 is 0. The topological polar surface area (TPSA) is 0 Å². The third kappa shape index (κ3) is 1.45. The maximum Gasteiger partial charge on any atom is -0.0386 e. The second-order valence-electron chi connectivity index (χ2n) is 4.99. The third-order valence-corrected chi connectivity index (χ3v) is 3.91. The lowest BCUT2D eigenvalue weighted by Crippen LogP contribution is -2.30. The van der Waals surface area contributed by atoms with Gasteiger partial charge >= 0.3 is 0 Å². The summed E-state index contributed by atoms with van der Waals surface area (Å²) in [5, 5.41) is 0. The fourth-order valence-electron chi connectivity index (χ4n) is 2.78. The maximum atomic E-state index is 2.43. The van der Waals surface area contributed by atoms with E-state index in [1.54, 1.807) is 6.42 Å². The molecule has 2 rings (SSSR count). The Bertz CT molecular complexity index is 133. The highest BCUT2D eigenvalue weighted by Gasteiger charge is 2.33. The van der Waals surface area contributed by atoms with Gasteiger partial charge in [0.1, 0.15) is 0 Å². The van der Waals surface area contributed by atoms with Crippen LogP contribution in [-0.4, -0.2) is 0 Å². The van der Waals surface area contributed by atoms with Crippen LogP contribution in [0.1, 0.15) is 46.0 Å². The summed E-state index contributed by atoms with van der Waals surface area (Å²) in [6.07, 6.45) is 7.66. The summed E-state index contributed by atoms with van der Waals surface area (Å²) in [7, 11) is 0. The summed E-state index contributed by atoms with van der Waals surface area (Å²) in [6, 6.07) is 0. The van der Waals surface area contributed by atoms with Crippen molar-refractivity contribution >= 4 is 0 Å². The molecule has 0 amide bonds. The van der Waals surface area contributed by atoms with E-state index in [4.69, 9.17) is 0 Å². The Labute approximate surface area is 70.4 Å². The Morgan fingerprint density at radius 3 is 2.18 bits per heavy atom. The molecule has 0 aromatic carbocycles. The maximum absolute atomic E-state index is 2.43. The van der Waals surface area contributed by atoms with Crippen LogP contribution in [0.25, 0.3) is 0 Å². The van der Waals surface area contributed by atoms with Gasteiger partial charge < -0.3 is 0 Å². The van der Waals surface area contributed by atoms with E-state index in [2.05, 4.69) is 13.8 Å². The molecule has 0 heteroatoms. The van der Waals surface area contributed by atoms with E-state index < -0.39 is 0 Å². The molecular formula is C11H20. The molecule has 2 unspecified atom stereocenters. The average molecular weight is 152 g/mol. The zero-order chi connectivity index (χ0) is 7.84. The van der Waals surface area contributed by atoms with Gasteiger partial charge in [0.2, 0.25) is 0 Å². The van der Waals surface area contributed by atoms with Gasteiger partial charge in [0, 0.05) is 0 Å². The Balaban J connectivity index is 1.67. The van der Waals surface area contributed by atoms with Crippen LogP contribution in [0.4, 0.5) is 0 Å². The molecule has 0 N–H and O–H groups in total. The first-order chi connectivity index (χ1) is 5.25. The van der Waals surface area contributed by atoms with Gasteiger partial charge in [-0.25, -0.2) is 0 Å². The third-order valence-electron chi connectivity index (χ3n) is 3.91. The molecule has 64 valence electrons. The van der Waals surface area contributed by atoms with E-state index in [9.17, 15) is 0 Å². The Kier molecular flexibility index (Phi) is 1.95. The zero-order valence-electron chi connectivity index (χ0n) is 7.84. The second-order valence-corrected chi connectivity index (χ2v) is 4.99. The van der Waals surface area contributed by atoms with Crippen molar-refractivity contribution in [1.29, 1.82) is 0 Å². The highest BCUT2D eigenvalue weighted by molar-refractivity contribution is 4.84. The quantitative estimate of drug-likeness (QED) is 0.568. The van der Waals surface area contributed by atoms with Crippen molar-refractivity contribution in [1.82, 2.24) is 0 Å². The van der Waals surface area contributed by atoms with Crippen molar-refractivity contribution in [3.05, 3.63) is 0 Å². The molecule has 0 aromatic heterocycles. The largest absolute Gasteiger partial charge is 0.0625 e. The van der Waals surface area contributed by atoms with Crippen LogP contribution >= 0.6 is 0 Å². The highest BCUT2D eigenvalue weighted by atomic mass is 14.4. The minimum atomic E-state index is 1.05. The van der Waals surface area contributed by atoms with Gasteiger partial charge in [0.05, 0.1) is 0 Å². The zero-order valence-corrected chi connectivity index (χ0v) is 7.84. The Morgan fingerprint density at radius 1 is 1.09 bits per heavy atom. The number of rotatable bonds is 2. The molecule has 0 saturated heterocycles. The molecule has 2 fully saturated rings. The molecule has 2 saturated carbocycles. The summed E-state index contributed by atoms with van der Waals surface area (Å²) in [4.78, 5) is 0. The standard InChI is InChI=1S/C11H20/c1-8-5-10(6-8)7-11-4-3-9(11)2/h8-11H,3-7H2,1-2H3. The Morgan fingerprint density at radius 2 is 1.82 bits per heavy atom. The summed E-state index contributed by atoms with van der Waals surface area (Å²) in [5.41, 5.74) is 0. The van der Waals surface area contributed by atoms with Crippen LogP contribution in [0.15, 0.2) is 0 Å². The number of hydrogen-bond acceptors (Lipinski definition) is 0. The first-order valence-electron chi connectivity index (χ1n) is 5.25. The van der Waals surface area contributed by atoms with Crippen LogP contribution in [0.5, 0.6) is 0 Å². The molecule has 0 nitrogen and oxygen atoms in total. The molecule has 0 radical (unpaired) electrons. The Hall–Kier alpha value is 0. The van der Waals surface area contributed by atoms with Crippen molar-refractivity contribution in [2.75, 3.05) is 0 Å². The summed E-state index contributed by atoms with van der Waals surface area (Å²) in [6.45, 7) is 4.82.